The molecular weight excluding hydrogens is 260 g/mol. The Kier molecular flexibility index (Phi) is 4.74. The highest BCUT2D eigenvalue weighted by molar-refractivity contribution is 5.49. The van der Waals surface area contributed by atoms with Crippen LogP contribution < -0.4 is 15.4 Å². The minimum atomic E-state index is 0.768. The first-order chi connectivity index (χ1) is 10.4. The minimum absolute atomic E-state index is 0.768. The van der Waals surface area contributed by atoms with Gasteiger partial charge in [-0.15, -0.1) is 0 Å². The van der Waals surface area contributed by atoms with E-state index in [4.69, 9.17) is 4.74 Å². The molecule has 2 aromatic rings. The van der Waals surface area contributed by atoms with E-state index in [1.54, 1.807) is 0 Å². The van der Waals surface area contributed by atoms with E-state index in [9.17, 15) is 0 Å². The van der Waals surface area contributed by atoms with E-state index >= 15 is 0 Å². The topological polar surface area (TPSA) is 33.3 Å². The van der Waals surface area contributed by atoms with Gasteiger partial charge in [-0.3, -0.25) is 0 Å². The van der Waals surface area contributed by atoms with E-state index in [1.807, 2.05) is 42.5 Å². The lowest BCUT2D eigenvalue weighted by molar-refractivity contribution is 0.390. The molecule has 1 aliphatic heterocycles. The molecule has 0 bridgehead atoms. The molecular formula is C18H22N2O. The Bertz CT molecular complexity index is 550. The second-order valence-corrected chi connectivity index (χ2v) is 5.52. The largest absolute Gasteiger partial charge is 0.457 e. The highest BCUT2D eigenvalue weighted by Crippen LogP contribution is 2.24. The van der Waals surface area contributed by atoms with E-state index < -0.39 is 0 Å². The average molecular weight is 282 g/mol. The van der Waals surface area contributed by atoms with Gasteiger partial charge in [0.25, 0.3) is 0 Å². The number of anilines is 1. The third-order valence-electron chi connectivity index (χ3n) is 3.87. The van der Waals surface area contributed by atoms with Crippen molar-refractivity contribution in [2.75, 3.05) is 25.0 Å². The van der Waals surface area contributed by atoms with Crippen molar-refractivity contribution in [1.29, 1.82) is 0 Å². The molecule has 3 nitrogen and oxygen atoms in total. The average Bonchev–Trinajstić information content (AvgIpc) is 2.55. The molecule has 0 unspecified atom stereocenters. The minimum Gasteiger partial charge on any atom is -0.457 e. The fraction of sp³-hybridized carbons (Fsp3) is 0.333. The van der Waals surface area contributed by atoms with Crippen LogP contribution in [0.2, 0.25) is 0 Å². The Morgan fingerprint density at radius 2 is 1.71 bits per heavy atom. The smallest absolute Gasteiger partial charge is 0.129 e. The number of nitrogens with one attached hydrogen (secondary N) is 2. The van der Waals surface area contributed by atoms with Crippen LogP contribution in [0.3, 0.4) is 0 Å². The molecule has 0 amide bonds. The normalized spacial score (nSPS) is 15.6. The van der Waals surface area contributed by atoms with Crippen LogP contribution in [0.5, 0.6) is 11.5 Å². The van der Waals surface area contributed by atoms with Crippen molar-refractivity contribution in [3.8, 4) is 11.5 Å². The number of para-hydroxylation sites is 1. The van der Waals surface area contributed by atoms with E-state index in [0.29, 0.717) is 0 Å². The van der Waals surface area contributed by atoms with Gasteiger partial charge >= 0.3 is 0 Å². The maximum absolute atomic E-state index is 5.86. The lowest BCUT2D eigenvalue weighted by Gasteiger charge is -2.23. The molecule has 1 aliphatic rings. The van der Waals surface area contributed by atoms with Gasteiger partial charge in [0.15, 0.2) is 0 Å². The van der Waals surface area contributed by atoms with Crippen molar-refractivity contribution in [2.24, 2.45) is 5.92 Å². The Morgan fingerprint density at radius 3 is 2.52 bits per heavy atom. The Morgan fingerprint density at radius 1 is 0.952 bits per heavy atom. The monoisotopic (exact) mass is 282 g/mol. The van der Waals surface area contributed by atoms with Crippen LogP contribution in [0.15, 0.2) is 54.6 Å². The highest BCUT2D eigenvalue weighted by Gasteiger charge is 2.12. The van der Waals surface area contributed by atoms with Gasteiger partial charge in [0.1, 0.15) is 11.5 Å². The van der Waals surface area contributed by atoms with Crippen LogP contribution in [0.1, 0.15) is 12.8 Å². The summed E-state index contributed by atoms with van der Waals surface area (Å²) >= 11 is 0. The molecule has 0 atom stereocenters. The fourth-order valence-electron chi connectivity index (χ4n) is 2.64. The van der Waals surface area contributed by atoms with Crippen LogP contribution in [0, 0.1) is 5.92 Å². The molecule has 1 saturated heterocycles. The van der Waals surface area contributed by atoms with Gasteiger partial charge in [-0.1, -0.05) is 24.3 Å². The van der Waals surface area contributed by atoms with Crippen molar-refractivity contribution in [3.63, 3.8) is 0 Å². The van der Waals surface area contributed by atoms with Crippen molar-refractivity contribution in [3.05, 3.63) is 54.6 Å². The molecule has 21 heavy (non-hydrogen) atoms. The third kappa shape index (κ3) is 4.23. The molecule has 0 aromatic heterocycles. The van der Waals surface area contributed by atoms with Crippen LogP contribution in [0.4, 0.5) is 5.69 Å². The van der Waals surface area contributed by atoms with Crippen LogP contribution >= 0.6 is 0 Å². The number of hydrogen-bond acceptors (Lipinski definition) is 3. The van der Waals surface area contributed by atoms with E-state index in [1.165, 1.54) is 12.8 Å². The predicted octanol–water partition coefficient (Wildman–Crippen LogP) is 3.89. The van der Waals surface area contributed by atoms with E-state index in [0.717, 1.165) is 42.7 Å². The Hall–Kier alpha value is -2.00. The summed E-state index contributed by atoms with van der Waals surface area (Å²) in [5, 5.41) is 6.93. The molecule has 3 rings (SSSR count). The number of piperidine rings is 1. The zero-order chi connectivity index (χ0) is 14.3. The number of benzene rings is 2. The SMILES string of the molecule is c1ccc(Oc2cccc(NCC3CCNCC3)c2)cc1. The van der Waals surface area contributed by atoms with E-state index in [-0.39, 0.29) is 0 Å². The summed E-state index contributed by atoms with van der Waals surface area (Å²) in [6, 6.07) is 18.1. The first-order valence-corrected chi connectivity index (χ1v) is 7.68. The molecule has 110 valence electrons. The summed E-state index contributed by atoms with van der Waals surface area (Å²) in [5.74, 6) is 2.51. The van der Waals surface area contributed by atoms with Crippen LogP contribution in [-0.2, 0) is 0 Å². The zero-order valence-corrected chi connectivity index (χ0v) is 12.2. The van der Waals surface area contributed by atoms with Crippen LogP contribution in [-0.4, -0.2) is 19.6 Å². The molecule has 0 aliphatic carbocycles. The van der Waals surface area contributed by atoms with Gasteiger partial charge in [-0.25, -0.2) is 0 Å². The summed E-state index contributed by atoms with van der Waals surface area (Å²) in [6.07, 6.45) is 2.51. The molecule has 3 heteroatoms. The molecule has 0 spiro atoms. The Labute approximate surface area is 126 Å². The van der Waals surface area contributed by atoms with Crippen molar-refractivity contribution in [2.45, 2.75) is 12.8 Å². The summed E-state index contributed by atoms with van der Waals surface area (Å²) in [5.41, 5.74) is 1.13. The van der Waals surface area contributed by atoms with Crippen molar-refractivity contribution < 1.29 is 4.74 Å². The summed E-state index contributed by atoms with van der Waals surface area (Å²) < 4.78 is 5.86. The first kappa shape index (κ1) is 14.0. The molecule has 2 N–H and O–H groups in total. The number of hydrogen-bond donors (Lipinski definition) is 2. The second-order valence-electron chi connectivity index (χ2n) is 5.52. The summed E-state index contributed by atoms with van der Waals surface area (Å²) in [6.45, 7) is 3.32. The maximum Gasteiger partial charge on any atom is 0.129 e. The predicted molar refractivity (Wildman–Crippen MR) is 87.0 cm³/mol. The molecule has 0 saturated carbocycles. The number of rotatable bonds is 5. The highest BCUT2D eigenvalue weighted by atomic mass is 16.5. The lowest BCUT2D eigenvalue weighted by Crippen LogP contribution is -2.31. The van der Waals surface area contributed by atoms with E-state index in [2.05, 4.69) is 22.8 Å². The Balaban J connectivity index is 1.57. The number of ether oxygens (including phenoxy) is 1. The molecule has 1 fully saturated rings. The van der Waals surface area contributed by atoms with Crippen LogP contribution in [0.25, 0.3) is 0 Å². The molecule has 0 radical (unpaired) electrons. The summed E-state index contributed by atoms with van der Waals surface area (Å²) in [7, 11) is 0. The van der Waals surface area contributed by atoms with Gasteiger partial charge in [0.2, 0.25) is 0 Å². The van der Waals surface area contributed by atoms with Gasteiger partial charge in [0.05, 0.1) is 0 Å². The van der Waals surface area contributed by atoms with Gasteiger partial charge in [0, 0.05) is 18.3 Å². The van der Waals surface area contributed by atoms with Crippen molar-refractivity contribution >= 4 is 5.69 Å². The van der Waals surface area contributed by atoms with Gasteiger partial charge < -0.3 is 15.4 Å². The second kappa shape index (κ2) is 7.14. The first-order valence-electron chi connectivity index (χ1n) is 7.68. The fourth-order valence-corrected chi connectivity index (χ4v) is 2.64. The standard InChI is InChI=1S/C18H22N2O/c1-2-6-17(7-3-1)21-18-8-4-5-16(13-18)20-14-15-9-11-19-12-10-15/h1-8,13,15,19-20H,9-12,14H2. The molecule has 2 aromatic carbocycles. The van der Waals surface area contributed by atoms with Gasteiger partial charge in [-0.05, 0) is 56.1 Å². The van der Waals surface area contributed by atoms with Gasteiger partial charge in [-0.2, -0.15) is 0 Å². The third-order valence-corrected chi connectivity index (χ3v) is 3.87. The van der Waals surface area contributed by atoms with Crippen molar-refractivity contribution in [1.82, 2.24) is 5.32 Å². The lowest BCUT2D eigenvalue weighted by atomic mass is 9.98. The quantitative estimate of drug-likeness (QED) is 0.873. The maximum atomic E-state index is 5.86. The molecule has 1 heterocycles. The zero-order valence-electron chi connectivity index (χ0n) is 12.2. The summed E-state index contributed by atoms with van der Waals surface area (Å²) in [4.78, 5) is 0.